The minimum Gasteiger partial charge on any atom is -0.467 e. The van der Waals surface area contributed by atoms with Crippen LogP contribution in [0.4, 0.5) is 0 Å². The van der Waals surface area contributed by atoms with Gasteiger partial charge >= 0.3 is 5.97 Å². The number of carbonyl (C=O) groups is 2. The number of carbonyl (C=O) groups excluding carboxylic acids is 2. The van der Waals surface area contributed by atoms with Crippen LogP contribution in [0.2, 0.25) is 0 Å². The average molecular weight is 254 g/mol. The lowest BCUT2D eigenvalue weighted by Gasteiger charge is -2.13. The molecule has 1 amide bonds. The molecule has 6 nitrogen and oxygen atoms in total. The lowest BCUT2D eigenvalue weighted by atomic mass is 10.3. The number of ether oxygens (including phenoxy) is 2. The van der Waals surface area contributed by atoms with E-state index in [4.69, 9.17) is 4.74 Å². The summed E-state index contributed by atoms with van der Waals surface area (Å²) in [6.07, 6.45) is 1.79. The molecule has 0 saturated heterocycles. The highest BCUT2D eigenvalue weighted by atomic mass is 16.5. The molecule has 0 aliphatic carbocycles. The first-order valence-electron chi connectivity index (χ1n) is 5.63. The van der Waals surface area contributed by atoms with E-state index in [1.165, 1.54) is 7.11 Å². The predicted molar refractivity (Wildman–Crippen MR) is 65.3 cm³/mol. The molecular weight excluding hydrogens is 236 g/mol. The first kappa shape index (κ1) is 14.2. The van der Waals surface area contributed by atoms with Crippen LogP contribution < -0.4 is 5.32 Å². The molecule has 1 rings (SSSR count). The highest BCUT2D eigenvalue weighted by Crippen LogP contribution is 2.03. The second kappa shape index (κ2) is 6.80. The summed E-state index contributed by atoms with van der Waals surface area (Å²) in [7, 11) is 2.88. The maximum absolute atomic E-state index is 11.9. The largest absolute Gasteiger partial charge is 0.467 e. The number of hydrogen-bond acceptors (Lipinski definition) is 4. The lowest BCUT2D eigenvalue weighted by Crippen LogP contribution is -2.40. The Labute approximate surface area is 106 Å². The molecule has 0 radical (unpaired) electrons. The van der Waals surface area contributed by atoms with Crippen LogP contribution in [0, 0.1) is 0 Å². The molecule has 100 valence electrons. The third-order valence-electron chi connectivity index (χ3n) is 2.50. The van der Waals surface area contributed by atoms with E-state index in [1.54, 1.807) is 36.9 Å². The summed E-state index contributed by atoms with van der Waals surface area (Å²) in [5.41, 5.74) is 0.489. The van der Waals surface area contributed by atoms with Crippen molar-refractivity contribution < 1.29 is 19.1 Å². The Hall–Kier alpha value is -1.82. The van der Waals surface area contributed by atoms with Gasteiger partial charge in [0.2, 0.25) is 0 Å². The fourth-order valence-electron chi connectivity index (χ4n) is 1.51. The van der Waals surface area contributed by atoms with Gasteiger partial charge in [-0.2, -0.15) is 0 Å². The number of nitrogens with zero attached hydrogens (tertiary/aromatic N) is 1. The van der Waals surface area contributed by atoms with Crippen LogP contribution in [-0.2, 0) is 20.8 Å². The summed E-state index contributed by atoms with van der Waals surface area (Å²) >= 11 is 0. The molecule has 0 spiro atoms. The molecule has 1 N–H and O–H groups in total. The fourth-order valence-corrected chi connectivity index (χ4v) is 1.51. The Morgan fingerprint density at radius 1 is 1.44 bits per heavy atom. The van der Waals surface area contributed by atoms with Crippen molar-refractivity contribution in [2.45, 2.75) is 19.5 Å². The van der Waals surface area contributed by atoms with Crippen LogP contribution in [0.25, 0.3) is 0 Å². The number of methoxy groups -OCH3 is 2. The summed E-state index contributed by atoms with van der Waals surface area (Å²) in [6, 6.07) is 2.79. The number of amides is 1. The minimum absolute atomic E-state index is 0.311. The van der Waals surface area contributed by atoms with Gasteiger partial charge in [-0.05, 0) is 19.1 Å². The van der Waals surface area contributed by atoms with Gasteiger partial charge in [0.15, 0.2) is 0 Å². The van der Waals surface area contributed by atoms with Crippen molar-refractivity contribution in [1.82, 2.24) is 9.88 Å². The molecule has 0 aliphatic heterocycles. The molecule has 1 aromatic heterocycles. The predicted octanol–water partition coefficient (Wildman–Crippen LogP) is 0.426. The lowest BCUT2D eigenvalue weighted by molar-refractivity contribution is -0.142. The standard InChI is InChI=1S/C12H18N2O4/c1-9(12(16)18-3)13-11(15)10-5-4-6-14(10)7-8-17-2/h4-6,9H,7-8H2,1-3H3,(H,13,15). The molecule has 1 atom stereocenters. The van der Waals surface area contributed by atoms with Crippen molar-refractivity contribution in [3.8, 4) is 0 Å². The van der Waals surface area contributed by atoms with Crippen LogP contribution in [0.15, 0.2) is 18.3 Å². The smallest absolute Gasteiger partial charge is 0.328 e. The summed E-state index contributed by atoms with van der Waals surface area (Å²) in [5.74, 6) is -0.785. The molecule has 18 heavy (non-hydrogen) atoms. The molecule has 0 aromatic carbocycles. The zero-order valence-corrected chi connectivity index (χ0v) is 10.8. The second-order valence-corrected chi connectivity index (χ2v) is 3.80. The minimum atomic E-state index is -0.673. The molecule has 6 heteroatoms. The Kier molecular flexibility index (Phi) is 5.38. The van der Waals surface area contributed by atoms with Crippen molar-refractivity contribution in [2.75, 3.05) is 20.8 Å². The van der Waals surface area contributed by atoms with E-state index in [9.17, 15) is 9.59 Å². The SMILES string of the molecule is COCCn1cccc1C(=O)NC(C)C(=O)OC. The number of nitrogens with one attached hydrogen (secondary N) is 1. The summed E-state index contributed by atoms with van der Waals surface area (Å²) < 4.78 is 11.3. The number of esters is 1. The zero-order valence-electron chi connectivity index (χ0n) is 10.8. The van der Waals surface area contributed by atoms with E-state index in [-0.39, 0.29) is 5.91 Å². The van der Waals surface area contributed by atoms with Gasteiger partial charge in [0, 0.05) is 19.9 Å². The van der Waals surface area contributed by atoms with Crippen molar-refractivity contribution in [1.29, 1.82) is 0 Å². The third kappa shape index (κ3) is 3.59. The Bertz CT molecular complexity index is 414. The fraction of sp³-hybridized carbons (Fsp3) is 0.500. The first-order chi connectivity index (χ1) is 8.60. The van der Waals surface area contributed by atoms with Crippen LogP contribution >= 0.6 is 0 Å². The van der Waals surface area contributed by atoms with Crippen molar-refractivity contribution in [2.24, 2.45) is 0 Å². The third-order valence-corrected chi connectivity index (χ3v) is 2.50. The summed E-state index contributed by atoms with van der Waals surface area (Å²) in [6.45, 7) is 2.67. The van der Waals surface area contributed by atoms with Crippen molar-refractivity contribution >= 4 is 11.9 Å². The Balaban J connectivity index is 2.66. The maximum Gasteiger partial charge on any atom is 0.328 e. The molecule has 0 saturated carbocycles. The summed E-state index contributed by atoms with van der Waals surface area (Å²) in [5, 5.41) is 2.57. The van der Waals surface area contributed by atoms with Crippen LogP contribution in [0.5, 0.6) is 0 Å². The Morgan fingerprint density at radius 2 is 2.17 bits per heavy atom. The molecule has 0 aliphatic rings. The molecule has 1 unspecified atom stereocenters. The molecule has 0 fully saturated rings. The molecule has 1 aromatic rings. The number of rotatable bonds is 6. The molecule has 1 heterocycles. The monoisotopic (exact) mass is 254 g/mol. The van der Waals surface area contributed by atoms with Gasteiger partial charge in [-0.25, -0.2) is 4.79 Å². The van der Waals surface area contributed by atoms with E-state index < -0.39 is 12.0 Å². The van der Waals surface area contributed by atoms with Gasteiger partial charge in [0.1, 0.15) is 11.7 Å². The van der Waals surface area contributed by atoms with E-state index in [0.29, 0.717) is 18.8 Å². The quantitative estimate of drug-likeness (QED) is 0.747. The number of hydrogen-bond donors (Lipinski definition) is 1. The first-order valence-corrected chi connectivity index (χ1v) is 5.63. The van der Waals surface area contributed by atoms with Gasteiger partial charge in [0.05, 0.1) is 13.7 Å². The van der Waals surface area contributed by atoms with Crippen LogP contribution in [0.3, 0.4) is 0 Å². The van der Waals surface area contributed by atoms with E-state index in [2.05, 4.69) is 10.1 Å². The van der Waals surface area contributed by atoms with E-state index >= 15 is 0 Å². The van der Waals surface area contributed by atoms with Crippen LogP contribution in [-0.4, -0.2) is 43.3 Å². The second-order valence-electron chi connectivity index (χ2n) is 3.80. The topological polar surface area (TPSA) is 69.6 Å². The Morgan fingerprint density at radius 3 is 2.78 bits per heavy atom. The number of aromatic nitrogens is 1. The van der Waals surface area contributed by atoms with E-state index in [1.807, 2.05) is 0 Å². The highest BCUT2D eigenvalue weighted by Gasteiger charge is 2.18. The zero-order chi connectivity index (χ0) is 13.5. The van der Waals surface area contributed by atoms with Crippen LogP contribution in [0.1, 0.15) is 17.4 Å². The maximum atomic E-state index is 11.9. The van der Waals surface area contributed by atoms with Gasteiger partial charge in [0.25, 0.3) is 5.91 Å². The van der Waals surface area contributed by atoms with Crippen molar-refractivity contribution in [3.63, 3.8) is 0 Å². The average Bonchev–Trinajstić information content (AvgIpc) is 2.83. The highest BCUT2D eigenvalue weighted by molar-refractivity contribution is 5.95. The van der Waals surface area contributed by atoms with E-state index in [0.717, 1.165) is 0 Å². The summed E-state index contributed by atoms with van der Waals surface area (Å²) in [4.78, 5) is 23.2. The van der Waals surface area contributed by atoms with Gasteiger partial charge in [-0.15, -0.1) is 0 Å². The molecular formula is C12H18N2O4. The van der Waals surface area contributed by atoms with Crippen molar-refractivity contribution in [3.05, 3.63) is 24.0 Å². The van der Waals surface area contributed by atoms with Gasteiger partial charge in [-0.3, -0.25) is 4.79 Å². The molecule has 0 bridgehead atoms. The van der Waals surface area contributed by atoms with Gasteiger partial charge in [-0.1, -0.05) is 0 Å². The normalized spacial score (nSPS) is 11.9. The van der Waals surface area contributed by atoms with Gasteiger partial charge < -0.3 is 19.4 Å².